The first kappa shape index (κ1) is 16.4. The lowest BCUT2D eigenvalue weighted by atomic mass is 10.3. The summed E-state index contributed by atoms with van der Waals surface area (Å²) in [6.07, 6.45) is 2.38. The van der Waals surface area contributed by atoms with Crippen LogP contribution in [0.2, 0.25) is 15.1 Å². The third-order valence-corrected chi connectivity index (χ3v) is 3.95. The zero-order valence-corrected chi connectivity index (χ0v) is 13.0. The Balaban J connectivity index is 2.55. The van der Waals surface area contributed by atoms with Gasteiger partial charge in [0.05, 0.1) is 26.2 Å². The zero-order valence-electron chi connectivity index (χ0n) is 9.88. The Morgan fingerprint density at radius 2 is 1.67 bits per heavy atom. The topological polar surface area (TPSA) is 28.7 Å². The number of hydrogen-bond donors (Lipinski definition) is 0. The standard InChI is InChI=1S/C12H4Cl3F3N2S/c13-7-1-8(14)11(9(15)2-7)20-4-6(3-19)10(5-20)21-12(16,17)18/h1-2,4-5H. The van der Waals surface area contributed by atoms with Gasteiger partial charge in [0, 0.05) is 17.4 Å². The Labute approximate surface area is 137 Å². The molecule has 0 bridgehead atoms. The van der Waals surface area contributed by atoms with E-state index in [1.165, 1.54) is 22.9 Å². The number of aromatic nitrogens is 1. The Morgan fingerprint density at radius 3 is 2.14 bits per heavy atom. The van der Waals surface area contributed by atoms with Crippen molar-refractivity contribution in [3.8, 4) is 11.8 Å². The second-order valence-electron chi connectivity index (χ2n) is 3.82. The summed E-state index contributed by atoms with van der Waals surface area (Å²) in [4.78, 5) is -0.230. The van der Waals surface area contributed by atoms with Crippen molar-refractivity contribution in [3.63, 3.8) is 0 Å². The van der Waals surface area contributed by atoms with E-state index in [0.717, 1.165) is 6.20 Å². The summed E-state index contributed by atoms with van der Waals surface area (Å²) in [5, 5.41) is 9.55. The third kappa shape index (κ3) is 3.80. The summed E-state index contributed by atoms with van der Waals surface area (Å²) >= 11 is 17.4. The predicted molar refractivity (Wildman–Crippen MR) is 77.4 cm³/mol. The molecule has 0 aliphatic carbocycles. The number of nitriles is 1. The van der Waals surface area contributed by atoms with E-state index in [-0.39, 0.29) is 38.0 Å². The second kappa shape index (κ2) is 6.01. The molecule has 2 rings (SSSR count). The van der Waals surface area contributed by atoms with Crippen LogP contribution in [0.25, 0.3) is 5.69 Å². The molecule has 0 radical (unpaired) electrons. The van der Waals surface area contributed by atoms with E-state index in [4.69, 9.17) is 40.1 Å². The Bertz CT molecular complexity index is 711. The van der Waals surface area contributed by atoms with Crippen LogP contribution in [0.5, 0.6) is 0 Å². The molecule has 2 aromatic rings. The highest BCUT2D eigenvalue weighted by molar-refractivity contribution is 8.00. The first-order chi connectivity index (χ1) is 9.71. The number of benzene rings is 1. The van der Waals surface area contributed by atoms with Crippen LogP contribution in [0, 0.1) is 11.3 Å². The molecule has 21 heavy (non-hydrogen) atoms. The number of nitrogens with zero attached hydrogens (tertiary/aromatic N) is 2. The molecule has 0 fully saturated rings. The Hall–Kier alpha value is -1.000. The third-order valence-electron chi connectivity index (χ3n) is 2.38. The summed E-state index contributed by atoms with van der Waals surface area (Å²) in [6, 6.07) is 4.52. The van der Waals surface area contributed by atoms with Gasteiger partial charge in [-0.05, 0) is 23.9 Å². The number of thioether (sulfide) groups is 1. The molecule has 0 atom stereocenters. The van der Waals surface area contributed by atoms with Crippen LogP contribution in [-0.4, -0.2) is 10.1 Å². The molecule has 2 nitrogen and oxygen atoms in total. The molecule has 0 spiro atoms. The van der Waals surface area contributed by atoms with Gasteiger partial charge in [-0.2, -0.15) is 18.4 Å². The fraction of sp³-hybridized carbons (Fsp3) is 0.0833. The fourth-order valence-electron chi connectivity index (χ4n) is 1.64. The highest BCUT2D eigenvalue weighted by atomic mass is 35.5. The molecular weight excluding hydrogens is 368 g/mol. The SMILES string of the molecule is N#Cc1cn(-c2c(Cl)cc(Cl)cc2Cl)cc1SC(F)(F)F. The molecule has 1 aromatic heterocycles. The van der Waals surface area contributed by atoms with Gasteiger partial charge >= 0.3 is 5.51 Å². The molecule has 110 valence electrons. The predicted octanol–water partition coefficient (Wildman–Crippen LogP) is 5.92. The van der Waals surface area contributed by atoms with Crippen molar-refractivity contribution in [2.75, 3.05) is 0 Å². The average molecular weight is 372 g/mol. The number of hydrogen-bond acceptors (Lipinski definition) is 2. The largest absolute Gasteiger partial charge is 0.446 e. The molecule has 9 heteroatoms. The van der Waals surface area contributed by atoms with E-state index < -0.39 is 5.51 Å². The maximum atomic E-state index is 12.5. The van der Waals surface area contributed by atoms with Crippen molar-refractivity contribution in [1.29, 1.82) is 5.26 Å². The van der Waals surface area contributed by atoms with Crippen molar-refractivity contribution < 1.29 is 13.2 Å². The number of rotatable bonds is 2. The molecule has 0 aliphatic rings. The molecule has 1 aromatic carbocycles. The maximum absolute atomic E-state index is 12.5. The molecular formula is C12H4Cl3F3N2S. The van der Waals surface area contributed by atoms with E-state index >= 15 is 0 Å². The van der Waals surface area contributed by atoms with Gasteiger partial charge in [-0.15, -0.1) is 0 Å². The van der Waals surface area contributed by atoms with Crippen LogP contribution in [0.4, 0.5) is 13.2 Å². The van der Waals surface area contributed by atoms with Crippen molar-refractivity contribution >= 4 is 46.6 Å². The monoisotopic (exact) mass is 370 g/mol. The van der Waals surface area contributed by atoms with E-state index in [0.29, 0.717) is 5.02 Å². The molecule has 0 saturated heterocycles. The number of alkyl halides is 3. The lowest BCUT2D eigenvalue weighted by molar-refractivity contribution is -0.0328. The van der Waals surface area contributed by atoms with E-state index in [9.17, 15) is 13.2 Å². The minimum atomic E-state index is -4.49. The van der Waals surface area contributed by atoms with E-state index in [2.05, 4.69) is 0 Å². The van der Waals surface area contributed by atoms with Crippen molar-refractivity contribution in [2.24, 2.45) is 0 Å². The lowest BCUT2D eigenvalue weighted by Gasteiger charge is -2.08. The summed E-state index contributed by atoms with van der Waals surface area (Å²) < 4.78 is 38.6. The molecule has 0 amide bonds. The van der Waals surface area contributed by atoms with Crippen LogP contribution in [-0.2, 0) is 0 Å². The Kier molecular flexibility index (Phi) is 4.69. The second-order valence-corrected chi connectivity index (χ2v) is 6.18. The molecule has 0 aliphatic heterocycles. The van der Waals surface area contributed by atoms with Gasteiger partial charge in [0.25, 0.3) is 0 Å². The summed E-state index contributed by atoms with van der Waals surface area (Å²) in [6.45, 7) is 0. The van der Waals surface area contributed by atoms with Crippen LogP contribution in [0.1, 0.15) is 5.56 Å². The smallest absolute Gasteiger partial charge is 0.319 e. The van der Waals surface area contributed by atoms with Crippen molar-refractivity contribution in [1.82, 2.24) is 4.57 Å². The zero-order chi connectivity index (χ0) is 15.8. The molecule has 0 saturated carbocycles. The van der Waals surface area contributed by atoms with E-state index in [1.54, 1.807) is 6.07 Å². The van der Waals surface area contributed by atoms with Gasteiger partial charge in [0.15, 0.2) is 0 Å². The fourth-order valence-corrected chi connectivity index (χ4v) is 3.27. The van der Waals surface area contributed by atoms with Crippen LogP contribution >= 0.6 is 46.6 Å². The minimum Gasteiger partial charge on any atom is -0.319 e. The summed E-state index contributed by atoms with van der Waals surface area (Å²) in [5.41, 5.74) is -4.36. The van der Waals surface area contributed by atoms with Gasteiger partial charge in [0.1, 0.15) is 6.07 Å². The normalized spacial score (nSPS) is 11.5. The summed E-state index contributed by atoms with van der Waals surface area (Å²) in [7, 11) is 0. The average Bonchev–Trinajstić information content (AvgIpc) is 2.67. The highest BCUT2D eigenvalue weighted by Crippen LogP contribution is 2.40. The van der Waals surface area contributed by atoms with Crippen molar-refractivity contribution in [3.05, 3.63) is 45.2 Å². The number of halogens is 6. The van der Waals surface area contributed by atoms with Gasteiger partial charge < -0.3 is 4.57 Å². The van der Waals surface area contributed by atoms with Crippen LogP contribution in [0.15, 0.2) is 29.4 Å². The quantitative estimate of drug-likeness (QED) is 0.613. The molecule has 0 unspecified atom stereocenters. The van der Waals surface area contributed by atoms with Gasteiger partial charge in [0.2, 0.25) is 0 Å². The minimum absolute atomic E-state index is 0.126. The Morgan fingerprint density at radius 1 is 1.10 bits per heavy atom. The first-order valence-corrected chi connectivity index (χ1v) is 7.19. The molecule has 0 N–H and O–H groups in total. The first-order valence-electron chi connectivity index (χ1n) is 5.24. The highest BCUT2D eigenvalue weighted by Gasteiger charge is 2.31. The van der Waals surface area contributed by atoms with Crippen LogP contribution in [0.3, 0.4) is 0 Å². The maximum Gasteiger partial charge on any atom is 0.446 e. The lowest BCUT2D eigenvalue weighted by Crippen LogP contribution is -1.99. The van der Waals surface area contributed by atoms with Gasteiger partial charge in [-0.25, -0.2) is 0 Å². The van der Waals surface area contributed by atoms with Crippen molar-refractivity contribution in [2.45, 2.75) is 10.4 Å². The summed E-state index contributed by atoms with van der Waals surface area (Å²) in [5.74, 6) is 0. The van der Waals surface area contributed by atoms with Crippen LogP contribution < -0.4 is 0 Å². The van der Waals surface area contributed by atoms with Gasteiger partial charge in [-0.1, -0.05) is 34.8 Å². The van der Waals surface area contributed by atoms with E-state index in [1.807, 2.05) is 0 Å². The van der Waals surface area contributed by atoms with Gasteiger partial charge in [-0.3, -0.25) is 0 Å². The molecule has 1 heterocycles.